The Kier molecular flexibility index (Phi) is 30.1. The summed E-state index contributed by atoms with van der Waals surface area (Å²) in [5, 5.41) is 0. The summed E-state index contributed by atoms with van der Waals surface area (Å²) in [6.45, 7) is 9.26. The molecule has 0 fully saturated rings. The number of fused-ring (bicyclic) bond motifs is 10. The van der Waals surface area contributed by atoms with E-state index in [0.717, 1.165) is 104 Å². The predicted molar refractivity (Wildman–Crippen MR) is 556 cm³/mol. The minimum Gasteiger partial charge on any atom is -0.497 e. The van der Waals surface area contributed by atoms with Crippen LogP contribution in [0.2, 0.25) is 0 Å². The first-order chi connectivity index (χ1) is 64.1. The molecule has 17 rings (SSSR count). The fourth-order valence-electron chi connectivity index (χ4n) is 20.0. The van der Waals surface area contributed by atoms with E-state index in [0.29, 0.717) is 0 Å². The number of ether oxygens (including phenoxy) is 4. The molecule has 6 nitrogen and oxygen atoms in total. The van der Waals surface area contributed by atoms with Gasteiger partial charge in [0.15, 0.2) is 0 Å². The van der Waals surface area contributed by atoms with Crippen molar-refractivity contribution in [3.05, 3.63) is 355 Å². The molecular weight excluding hydrogens is 1660 g/mol. The van der Waals surface area contributed by atoms with E-state index in [-0.39, 0.29) is 0 Å². The number of methoxy groups -OCH3 is 4. The summed E-state index contributed by atoms with van der Waals surface area (Å²) in [6, 6.07) is 101. The van der Waals surface area contributed by atoms with Crippen molar-refractivity contribution in [1.82, 2.24) is 0 Å². The van der Waals surface area contributed by atoms with Crippen molar-refractivity contribution in [3.8, 4) is 67.6 Å². The number of nitrogens with zero attached hydrogens (tertiary/aromatic N) is 2. The molecule has 0 aliphatic heterocycles. The highest BCUT2D eigenvalue weighted by molar-refractivity contribution is 7.31. The average Bonchev–Trinajstić information content (AvgIpc) is 1.49. The van der Waals surface area contributed by atoms with E-state index < -0.39 is 10.8 Å². The number of thiophene rings is 4. The lowest BCUT2D eigenvalue weighted by Crippen LogP contribution is -2.30. The molecule has 0 spiro atoms. The second-order valence-electron chi connectivity index (χ2n) is 35.6. The molecule has 0 N–H and O–H groups in total. The summed E-state index contributed by atoms with van der Waals surface area (Å²) < 4.78 is 27.6. The van der Waals surface area contributed by atoms with Gasteiger partial charge in [-0.05, 0) is 288 Å². The van der Waals surface area contributed by atoms with Crippen LogP contribution in [0, 0.1) is 23.7 Å². The van der Waals surface area contributed by atoms with Gasteiger partial charge in [0.1, 0.15) is 23.0 Å². The minimum atomic E-state index is -0.707. The summed E-state index contributed by atoms with van der Waals surface area (Å²) >= 11 is 7.71. The van der Waals surface area contributed by atoms with Crippen molar-refractivity contribution in [2.45, 2.75) is 218 Å². The molecule has 130 heavy (non-hydrogen) atoms. The molecule has 15 aromatic rings. The van der Waals surface area contributed by atoms with Gasteiger partial charge in [-0.25, -0.2) is 0 Å². The van der Waals surface area contributed by atoms with E-state index >= 15 is 0 Å². The highest BCUT2D eigenvalue weighted by atomic mass is 32.1. The Labute approximate surface area is 789 Å². The smallest absolute Gasteiger partial charge is 0.119 e. The minimum absolute atomic E-state index is 0.707. The molecule has 0 radical (unpaired) electrons. The van der Waals surface area contributed by atoms with Crippen molar-refractivity contribution < 1.29 is 18.9 Å². The number of benzene rings is 11. The number of unbranched alkanes of at least 4 members (excludes halogenated alkanes) is 20. The van der Waals surface area contributed by atoms with Crippen LogP contribution in [0.5, 0.6) is 23.0 Å². The largest absolute Gasteiger partial charge is 0.497 e. The van der Waals surface area contributed by atoms with E-state index in [1.54, 1.807) is 28.4 Å². The number of anilines is 6. The summed E-state index contributed by atoms with van der Waals surface area (Å²) in [5.41, 5.74) is 25.7. The molecule has 662 valence electrons. The zero-order valence-electron chi connectivity index (χ0n) is 77.4. The molecule has 4 heterocycles. The maximum Gasteiger partial charge on any atom is 0.119 e. The molecule has 0 saturated carbocycles. The van der Waals surface area contributed by atoms with E-state index in [1.807, 2.05) is 93.9 Å². The zero-order chi connectivity index (χ0) is 89.2. The molecule has 2 aliphatic carbocycles. The van der Waals surface area contributed by atoms with Crippen LogP contribution in [0.25, 0.3) is 39.7 Å². The van der Waals surface area contributed by atoms with Gasteiger partial charge < -0.3 is 28.7 Å². The quantitative estimate of drug-likeness (QED) is 0.0281. The van der Waals surface area contributed by atoms with Crippen LogP contribution in [-0.2, 0) is 36.5 Å². The average molecular weight is 1790 g/mol. The van der Waals surface area contributed by atoms with Crippen LogP contribution in [0.1, 0.15) is 269 Å². The number of aryl methyl sites for hydroxylation is 4. The molecule has 0 amide bonds. The molecule has 0 unspecified atom stereocenters. The van der Waals surface area contributed by atoms with Gasteiger partial charge in [-0.2, -0.15) is 0 Å². The Bertz CT molecular complexity index is 5760. The number of rotatable bonds is 42. The first-order valence-electron chi connectivity index (χ1n) is 48.2. The standard InChI is InChI=1S/C120H124N2O4S4/c1-9-13-17-21-25-29-33-85-37-51-91(52-38-85)119(92-53-39-86(40-54-92)34-30-26-22-18-14-10-2)109-83-108-110(84-107(109)115-113(119)117-111(129-115)81-105(127-117)79-49-89-45-59-95(60-46-89)121(97-63-71-101(123-5)72-64-97)98-65-73-102(124-6)74-66-98)120(93-55-41-87(42-56-93)35-31-27-23-19-15-11-3,94-57-43-88(44-58-94)36-32-28-24-20-16-12-4)114-116(108)130-112-82-106(128-118(112)114)80-50-90-47-61-96(62-48-90)122(99-67-75-103(125-7)76-68-99)100-69-77-104(126-8)78-70-100/h37-48,51-78,81-84H,9-36H2,1-8H3. The third-order valence-corrected chi connectivity index (χ3v) is 31.7. The van der Waals surface area contributed by atoms with Crippen molar-refractivity contribution in [2.75, 3.05) is 38.2 Å². The van der Waals surface area contributed by atoms with Crippen LogP contribution >= 0.6 is 45.3 Å². The van der Waals surface area contributed by atoms with Crippen molar-refractivity contribution >= 4 is 98.3 Å². The van der Waals surface area contributed by atoms with Gasteiger partial charge in [-0.15, -0.1) is 45.3 Å². The van der Waals surface area contributed by atoms with Crippen LogP contribution in [-0.4, -0.2) is 28.4 Å². The monoisotopic (exact) mass is 1780 g/mol. The van der Waals surface area contributed by atoms with Crippen LogP contribution in [0.15, 0.2) is 267 Å². The summed E-state index contributed by atoms with van der Waals surface area (Å²) in [4.78, 5) is 9.35. The van der Waals surface area contributed by atoms with Crippen molar-refractivity contribution in [3.63, 3.8) is 0 Å². The lowest BCUT2D eigenvalue weighted by Gasteiger charge is -2.36. The van der Waals surface area contributed by atoms with E-state index in [4.69, 9.17) is 18.9 Å². The Hall–Kier alpha value is -11.3. The molecule has 10 heteroatoms. The van der Waals surface area contributed by atoms with Gasteiger partial charge in [0, 0.05) is 75.5 Å². The molecule has 0 bridgehead atoms. The second-order valence-corrected chi connectivity index (χ2v) is 39.8. The van der Waals surface area contributed by atoms with E-state index in [2.05, 4.69) is 280 Å². The van der Waals surface area contributed by atoms with Crippen LogP contribution < -0.4 is 28.7 Å². The van der Waals surface area contributed by atoms with Gasteiger partial charge in [0.05, 0.1) is 58.4 Å². The third kappa shape index (κ3) is 19.5. The third-order valence-electron chi connectivity index (χ3n) is 27.0. The normalized spacial score (nSPS) is 12.6. The van der Waals surface area contributed by atoms with E-state index in [9.17, 15) is 0 Å². The SMILES string of the molecule is CCCCCCCCc1ccc(C2(c3ccc(CCCCCCCC)cc3)c3cc4c(cc3-c3sc5cc(C#Cc6ccc(N(c7ccc(OC)cc7)c7ccc(OC)cc7)cc6)sc5c32)C(c2ccc(CCCCCCCC)cc2)(c2ccc(CCCCCCCC)cc2)c2c-4sc3cc(C#Cc4ccc(N(c5ccc(OC)cc5)c5ccc(OC)cc5)cc4)sc23)cc1. The van der Waals surface area contributed by atoms with Gasteiger partial charge >= 0.3 is 0 Å². The topological polar surface area (TPSA) is 43.4 Å². The molecule has 4 aromatic heterocycles. The van der Waals surface area contributed by atoms with Gasteiger partial charge in [-0.3, -0.25) is 0 Å². The van der Waals surface area contributed by atoms with E-state index in [1.165, 1.54) is 261 Å². The van der Waals surface area contributed by atoms with Gasteiger partial charge in [-0.1, -0.05) is 277 Å². The number of hydrogen-bond acceptors (Lipinski definition) is 10. The summed E-state index contributed by atoms with van der Waals surface area (Å²) in [6.07, 6.45) is 34.8. The van der Waals surface area contributed by atoms with Crippen LogP contribution in [0.3, 0.4) is 0 Å². The predicted octanol–water partition coefficient (Wildman–Crippen LogP) is 34.4. The van der Waals surface area contributed by atoms with Crippen LogP contribution in [0.4, 0.5) is 34.1 Å². The Balaban J connectivity index is 0.837. The van der Waals surface area contributed by atoms with Gasteiger partial charge in [0.25, 0.3) is 0 Å². The maximum atomic E-state index is 5.61. The highest BCUT2D eigenvalue weighted by Crippen LogP contribution is 2.68. The molecule has 0 saturated heterocycles. The highest BCUT2D eigenvalue weighted by Gasteiger charge is 2.54. The molecule has 11 aromatic carbocycles. The molecule has 2 aliphatic rings. The Morgan fingerprint density at radius 2 is 0.492 bits per heavy atom. The Morgan fingerprint density at radius 3 is 0.738 bits per heavy atom. The summed E-state index contributed by atoms with van der Waals surface area (Å²) in [7, 11) is 6.84. The lowest BCUT2D eigenvalue weighted by atomic mass is 9.65. The maximum absolute atomic E-state index is 5.61. The fraction of sp³-hybridized carbons (Fsp3) is 0.317. The first-order valence-corrected chi connectivity index (χ1v) is 51.5. The van der Waals surface area contributed by atoms with Crippen molar-refractivity contribution in [1.29, 1.82) is 0 Å². The first kappa shape index (κ1) is 90.6. The van der Waals surface area contributed by atoms with Crippen molar-refractivity contribution in [2.24, 2.45) is 0 Å². The fourth-order valence-corrected chi connectivity index (χ4v) is 25.2. The molecular formula is C120H124N2O4S4. The lowest BCUT2D eigenvalue weighted by molar-refractivity contribution is 0.414. The second kappa shape index (κ2) is 43.1. The number of hydrogen-bond donors (Lipinski definition) is 0. The Morgan fingerprint density at radius 1 is 0.254 bits per heavy atom. The van der Waals surface area contributed by atoms with Gasteiger partial charge in [0.2, 0.25) is 0 Å². The summed E-state index contributed by atoms with van der Waals surface area (Å²) in [5.74, 6) is 18.2. The zero-order valence-corrected chi connectivity index (χ0v) is 80.6. The molecule has 0 atom stereocenters.